The molecule has 0 unspecified atom stereocenters. The zero-order valence-corrected chi connectivity index (χ0v) is 10.8. The summed E-state index contributed by atoms with van der Waals surface area (Å²) >= 11 is 0. The van der Waals surface area contributed by atoms with Crippen LogP contribution in [-0.4, -0.2) is 65.0 Å². The van der Waals surface area contributed by atoms with Crippen molar-refractivity contribution in [3.8, 4) is 0 Å². The van der Waals surface area contributed by atoms with Gasteiger partial charge in [-0.3, -0.25) is 9.59 Å². The van der Waals surface area contributed by atoms with Crippen LogP contribution in [0.1, 0.15) is 25.7 Å². The first kappa shape index (κ1) is 13.6. The highest BCUT2D eigenvalue weighted by molar-refractivity contribution is 5.86. The van der Waals surface area contributed by atoms with Crippen LogP contribution in [0, 0.1) is 0 Å². The number of rotatable bonds is 3. The summed E-state index contributed by atoms with van der Waals surface area (Å²) in [6.07, 6.45) is 3.74. The number of amides is 3. The largest absolute Gasteiger partial charge is 0.480 e. The molecule has 2 N–H and O–H groups in total. The van der Waals surface area contributed by atoms with Gasteiger partial charge in [-0.15, -0.1) is 0 Å². The SMILES string of the molecule is O=C(O)CN(C(=O)N1CCNC(=O)C1)C1CCCC1. The number of urea groups is 1. The minimum Gasteiger partial charge on any atom is -0.480 e. The molecule has 1 heterocycles. The summed E-state index contributed by atoms with van der Waals surface area (Å²) in [5, 5.41) is 11.6. The Balaban J connectivity index is 2.05. The number of carbonyl (C=O) groups excluding carboxylic acids is 2. The van der Waals surface area contributed by atoms with E-state index in [0.717, 1.165) is 25.7 Å². The number of nitrogens with one attached hydrogen (secondary N) is 1. The van der Waals surface area contributed by atoms with Crippen molar-refractivity contribution in [1.82, 2.24) is 15.1 Å². The molecule has 0 atom stereocenters. The van der Waals surface area contributed by atoms with Gasteiger partial charge >= 0.3 is 12.0 Å². The maximum atomic E-state index is 12.4. The lowest BCUT2D eigenvalue weighted by Gasteiger charge is -2.35. The van der Waals surface area contributed by atoms with Crippen molar-refractivity contribution in [2.45, 2.75) is 31.7 Å². The summed E-state index contributed by atoms with van der Waals surface area (Å²) in [4.78, 5) is 37.4. The van der Waals surface area contributed by atoms with Gasteiger partial charge in [0.25, 0.3) is 0 Å². The van der Waals surface area contributed by atoms with Gasteiger partial charge in [-0.05, 0) is 12.8 Å². The van der Waals surface area contributed by atoms with Crippen molar-refractivity contribution in [3.63, 3.8) is 0 Å². The summed E-state index contributed by atoms with van der Waals surface area (Å²) < 4.78 is 0. The maximum Gasteiger partial charge on any atom is 0.323 e. The van der Waals surface area contributed by atoms with Crippen molar-refractivity contribution < 1.29 is 19.5 Å². The summed E-state index contributed by atoms with van der Waals surface area (Å²) in [5.74, 6) is -1.21. The zero-order valence-electron chi connectivity index (χ0n) is 10.8. The van der Waals surface area contributed by atoms with E-state index in [1.54, 1.807) is 0 Å². The van der Waals surface area contributed by atoms with Crippen molar-refractivity contribution in [3.05, 3.63) is 0 Å². The van der Waals surface area contributed by atoms with E-state index in [1.165, 1.54) is 9.80 Å². The maximum absolute atomic E-state index is 12.4. The molecule has 2 rings (SSSR count). The minimum absolute atomic E-state index is 0.00594. The van der Waals surface area contributed by atoms with Crippen molar-refractivity contribution in [1.29, 1.82) is 0 Å². The van der Waals surface area contributed by atoms with E-state index in [4.69, 9.17) is 5.11 Å². The lowest BCUT2D eigenvalue weighted by atomic mass is 10.2. The van der Waals surface area contributed by atoms with Gasteiger partial charge in [-0.1, -0.05) is 12.8 Å². The first-order chi connectivity index (χ1) is 9.08. The highest BCUT2D eigenvalue weighted by atomic mass is 16.4. The van der Waals surface area contributed by atoms with Crippen LogP contribution in [-0.2, 0) is 9.59 Å². The normalized spacial score (nSPS) is 20.2. The highest BCUT2D eigenvalue weighted by Gasteiger charge is 2.32. The van der Waals surface area contributed by atoms with E-state index in [-0.39, 0.29) is 31.1 Å². The molecule has 0 aromatic rings. The third-order valence-corrected chi connectivity index (χ3v) is 3.63. The Kier molecular flexibility index (Phi) is 4.24. The second kappa shape index (κ2) is 5.90. The van der Waals surface area contributed by atoms with Crippen LogP contribution in [0.4, 0.5) is 4.79 Å². The van der Waals surface area contributed by atoms with Crippen LogP contribution in [0.25, 0.3) is 0 Å². The summed E-state index contributed by atoms with van der Waals surface area (Å²) in [6, 6.07) is -0.335. The Morgan fingerprint density at radius 2 is 2.05 bits per heavy atom. The zero-order chi connectivity index (χ0) is 13.8. The van der Waals surface area contributed by atoms with E-state index in [9.17, 15) is 14.4 Å². The number of carboxylic acids is 1. The molecular formula is C12H19N3O4. The van der Waals surface area contributed by atoms with Gasteiger partial charge in [-0.2, -0.15) is 0 Å². The van der Waals surface area contributed by atoms with E-state index < -0.39 is 5.97 Å². The van der Waals surface area contributed by atoms with E-state index >= 15 is 0 Å². The molecule has 19 heavy (non-hydrogen) atoms. The molecular weight excluding hydrogens is 250 g/mol. The molecule has 1 aliphatic carbocycles. The predicted molar refractivity (Wildman–Crippen MR) is 66.6 cm³/mol. The van der Waals surface area contributed by atoms with Crippen LogP contribution in [0.15, 0.2) is 0 Å². The predicted octanol–water partition coefficient (Wildman–Crippen LogP) is -0.133. The van der Waals surface area contributed by atoms with E-state index in [1.807, 2.05) is 0 Å². The van der Waals surface area contributed by atoms with Crippen LogP contribution in [0.2, 0.25) is 0 Å². The standard InChI is InChI=1S/C12H19N3O4/c16-10-7-14(6-5-13-10)12(19)15(8-11(17)18)9-3-1-2-4-9/h9H,1-8H2,(H,13,16)(H,17,18). The Morgan fingerprint density at radius 3 is 2.63 bits per heavy atom. The van der Waals surface area contributed by atoms with Gasteiger partial charge in [0, 0.05) is 19.1 Å². The number of hydrogen-bond acceptors (Lipinski definition) is 3. The molecule has 7 heteroatoms. The molecule has 0 spiro atoms. The van der Waals surface area contributed by atoms with Gasteiger partial charge in [0.15, 0.2) is 0 Å². The van der Waals surface area contributed by atoms with Crippen LogP contribution in [0.3, 0.4) is 0 Å². The van der Waals surface area contributed by atoms with Gasteiger partial charge in [-0.25, -0.2) is 4.79 Å². The molecule has 106 valence electrons. The Bertz CT molecular complexity index is 379. The topological polar surface area (TPSA) is 89.9 Å². The highest BCUT2D eigenvalue weighted by Crippen LogP contribution is 2.24. The van der Waals surface area contributed by atoms with Gasteiger partial charge in [0.05, 0.1) is 0 Å². The van der Waals surface area contributed by atoms with E-state index in [0.29, 0.717) is 13.1 Å². The van der Waals surface area contributed by atoms with E-state index in [2.05, 4.69) is 5.32 Å². The van der Waals surface area contributed by atoms with Gasteiger partial charge in [0.2, 0.25) is 5.91 Å². The molecule has 0 radical (unpaired) electrons. The number of nitrogens with zero attached hydrogens (tertiary/aromatic N) is 2. The second-order valence-corrected chi connectivity index (χ2v) is 5.01. The van der Waals surface area contributed by atoms with Gasteiger partial charge in [0.1, 0.15) is 13.1 Å². The second-order valence-electron chi connectivity index (χ2n) is 5.01. The Morgan fingerprint density at radius 1 is 1.37 bits per heavy atom. The molecule has 2 aliphatic rings. The molecule has 1 saturated heterocycles. The number of piperazine rings is 1. The van der Waals surface area contributed by atoms with Gasteiger partial charge < -0.3 is 20.2 Å². The Labute approximate surface area is 111 Å². The third-order valence-electron chi connectivity index (χ3n) is 3.63. The number of carbonyl (C=O) groups is 3. The molecule has 0 aromatic carbocycles. The third kappa shape index (κ3) is 3.36. The van der Waals surface area contributed by atoms with Crippen LogP contribution in [0.5, 0.6) is 0 Å². The molecule has 3 amide bonds. The van der Waals surface area contributed by atoms with Crippen molar-refractivity contribution >= 4 is 17.9 Å². The Hall–Kier alpha value is -1.79. The molecule has 1 aliphatic heterocycles. The average molecular weight is 269 g/mol. The first-order valence-corrected chi connectivity index (χ1v) is 6.62. The molecule has 0 bridgehead atoms. The number of hydrogen-bond donors (Lipinski definition) is 2. The fourth-order valence-electron chi connectivity index (χ4n) is 2.70. The lowest BCUT2D eigenvalue weighted by molar-refractivity contribution is -0.138. The van der Waals surface area contributed by atoms with Crippen molar-refractivity contribution in [2.75, 3.05) is 26.2 Å². The fourth-order valence-corrected chi connectivity index (χ4v) is 2.70. The fraction of sp³-hybridized carbons (Fsp3) is 0.750. The summed E-state index contributed by atoms with van der Waals surface area (Å²) in [6.45, 7) is 0.590. The average Bonchev–Trinajstić information content (AvgIpc) is 2.88. The first-order valence-electron chi connectivity index (χ1n) is 6.62. The molecule has 2 fully saturated rings. The minimum atomic E-state index is -1.01. The number of aliphatic carboxylic acids is 1. The lowest BCUT2D eigenvalue weighted by Crippen LogP contribution is -2.56. The quantitative estimate of drug-likeness (QED) is 0.746. The van der Waals surface area contributed by atoms with Crippen molar-refractivity contribution in [2.24, 2.45) is 0 Å². The number of carboxylic acid groups (broad SMARTS) is 1. The molecule has 1 saturated carbocycles. The smallest absolute Gasteiger partial charge is 0.323 e. The molecule has 0 aromatic heterocycles. The summed E-state index contributed by atoms with van der Waals surface area (Å²) in [7, 11) is 0. The van der Waals surface area contributed by atoms with Crippen LogP contribution >= 0.6 is 0 Å². The summed E-state index contributed by atoms with van der Waals surface area (Å²) in [5.41, 5.74) is 0. The molecule has 7 nitrogen and oxygen atoms in total. The van der Waals surface area contributed by atoms with Crippen LogP contribution < -0.4 is 5.32 Å². The monoisotopic (exact) mass is 269 g/mol.